The molecule has 0 aromatic rings. The van der Waals surface area contributed by atoms with Gasteiger partial charge in [0.15, 0.2) is 12.6 Å². The van der Waals surface area contributed by atoms with E-state index in [9.17, 15) is 40.2 Å². The van der Waals surface area contributed by atoms with Crippen molar-refractivity contribution >= 4 is 11.8 Å². The number of aliphatic hydroxyl groups excluding tert-OH is 6. The maximum absolute atomic E-state index is 13.9. The molecule has 0 bridgehead atoms. The Hall–Kier alpha value is -1.42. The zero-order valence-corrected chi connectivity index (χ0v) is 53.0. The summed E-state index contributed by atoms with van der Waals surface area (Å²) in [5, 5.41) is 72.5. The first-order chi connectivity index (χ1) is 39.5. The van der Waals surface area contributed by atoms with Crippen molar-refractivity contribution in [1.82, 2.24) is 10.6 Å². The summed E-state index contributed by atoms with van der Waals surface area (Å²) in [6.45, 7) is 8.69. The van der Waals surface area contributed by atoms with Crippen molar-refractivity contribution in [2.24, 2.45) is 11.8 Å². The van der Waals surface area contributed by atoms with Gasteiger partial charge in [0, 0.05) is 24.9 Å². The van der Waals surface area contributed by atoms with Gasteiger partial charge in [-0.05, 0) is 25.7 Å². The van der Waals surface area contributed by atoms with Gasteiger partial charge in [-0.1, -0.05) is 310 Å². The van der Waals surface area contributed by atoms with Crippen LogP contribution in [0, 0.1) is 11.8 Å². The fourth-order valence-electron chi connectivity index (χ4n) is 12.3. The lowest BCUT2D eigenvalue weighted by atomic mass is 9.92. The largest absolute Gasteiger partial charge is 0.388 e. The van der Waals surface area contributed by atoms with Gasteiger partial charge < -0.3 is 55.5 Å². The minimum atomic E-state index is -1.77. The number of hydrogen-bond donors (Lipinski definition) is 8. The van der Waals surface area contributed by atoms with Crippen LogP contribution >= 0.6 is 0 Å². The van der Waals surface area contributed by atoms with Crippen LogP contribution in [0.5, 0.6) is 0 Å². The van der Waals surface area contributed by atoms with Crippen molar-refractivity contribution in [3.05, 3.63) is 0 Å². The van der Waals surface area contributed by atoms with E-state index in [0.717, 1.165) is 103 Å². The second-order valence-electron chi connectivity index (χ2n) is 25.3. The van der Waals surface area contributed by atoms with E-state index in [1.54, 1.807) is 0 Å². The van der Waals surface area contributed by atoms with E-state index >= 15 is 0 Å². The monoisotopic (exact) mass is 1150 g/mol. The quantitative estimate of drug-likeness (QED) is 0.0269. The first kappa shape index (κ1) is 75.7. The molecule has 2 fully saturated rings. The van der Waals surface area contributed by atoms with Gasteiger partial charge in [-0.3, -0.25) is 9.59 Å². The molecule has 2 aliphatic heterocycles. The Bertz CT molecular complexity index is 1270. The highest BCUT2D eigenvalue weighted by atomic mass is 16.8. The number of hydrogen-bond acceptors (Lipinski definition) is 11. The number of carbonyl (C=O) groups is 2. The highest BCUT2D eigenvalue weighted by Gasteiger charge is 2.50. The predicted octanol–water partition coefficient (Wildman–Crippen LogP) is 14.9. The van der Waals surface area contributed by atoms with E-state index in [2.05, 4.69) is 38.3 Å². The minimum Gasteiger partial charge on any atom is -0.388 e. The Labute approximate surface area is 497 Å². The topological polar surface area (TPSA) is 207 Å². The molecule has 4 unspecified atom stereocenters. The first-order valence-corrected chi connectivity index (χ1v) is 35.1. The molecule has 2 aliphatic rings. The number of aliphatic hydroxyl groups is 6. The van der Waals surface area contributed by atoms with Crippen LogP contribution in [-0.4, -0.2) is 117 Å². The zero-order valence-electron chi connectivity index (χ0n) is 53.0. The molecule has 81 heavy (non-hydrogen) atoms. The fraction of sp³-hybridized carbons (Fsp3) is 0.971. The number of ether oxygens (including phenoxy) is 3. The van der Waals surface area contributed by atoms with Gasteiger partial charge in [0.05, 0.1) is 0 Å². The lowest BCUT2D eigenvalue weighted by molar-refractivity contribution is -0.372. The first-order valence-electron chi connectivity index (χ1n) is 35.1. The van der Waals surface area contributed by atoms with Crippen molar-refractivity contribution in [2.45, 2.75) is 397 Å². The van der Waals surface area contributed by atoms with Gasteiger partial charge in [-0.2, -0.15) is 0 Å². The van der Waals surface area contributed by atoms with Crippen molar-refractivity contribution in [2.75, 3.05) is 13.1 Å². The molecule has 0 radical (unpaired) electrons. The van der Waals surface area contributed by atoms with Gasteiger partial charge in [0.2, 0.25) is 11.8 Å². The normalized spacial score (nSPS) is 23.2. The standard InChI is InChI=1S/C68H132N2O11/c1-5-9-13-17-21-25-29-33-37-41-45-49-55(50-46-42-38-34-30-26-22-18-14-10-6-2)65(77)69-53-57-59(71)61(73)63(75)67(79-57)81-68-64(76)62(74)60(72)58(80-68)54-70-66(78)56(51-47-43-39-35-31-27-23-19-15-11-7-3)52-48-44-40-36-32-28-24-20-16-12-8-4/h55-64,67-68,71-76H,5-54H2,1-4H3,(H,69,77)(H,70,78)/t57?,58?,59-,60-,61-,62-,63?,64?,67-,68-/m0/s1. The number of carbonyl (C=O) groups excluding carboxylic acids is 2. The summed E-state index contributed by atoms with van der Waals surface area (Å²) < 4.78 is 18.0. The molecule has 0 aromatic heterocycles. The summed E-state index contributed by atoms with van der Waals surface area (Å²) in [6.07, 6.45) is 41.5. The van der Waals surface area contributed by atoms with Crippen molar-refractivity contribution in [3.8, 4) is 0 Å². The summed E-state index contributed by atoms with van der Waals surface area (Å²) in [6, 6.07) is 0. The van der Waals surface area contributed by atoms with Crippen LogP contribution < -0.4 is 10.6 Å². The van der Waals surface area contributed by atoms with Crippen molar-refractivity contribution in [3.63, 3.8) is 0 Å². The maximum atomic E-state index is 13.9. The SMILES string of the molecule is CCCCCCCCCCCCCC(CCCCCCCCCCCCC)C(=O)NCC1O[C@@H](O[C@@H]2OC(CNC(=O)C(CCCCCCCCCCCCC)CCCCCCCCCCCCC)[C@H](O)[C@H](O)C2O)C(O)[C@@H](O)[C@H]1O. The molecule has 0 saturated carbocycles. The molecule has 10 atom stereocenters. The number of nitrogens with one attached hydrogen (secondary N) is 2. The smallest absolute Gasteiger partial charge is 0.223 e. The molecule has 2 rings (SSSR count). The van der Waals surface area contributed by atoms with E-state index in [-0.39, 0.29) is 36.7 Å². The molecule has 0 aliphatic carbocycles. The fourth-order valence-corrected chi connectivity index (χ4v) is 12.3. The molecule has 8 N–H and O–H groups in total. The number of rotatable bonds is 56. The van der Waals surface area contributed by atoms with E-state index in [0.29, 0.717) is 0 Å². The second-order valence-corrected chi connectivity index (χ2v) is 25.3. The lowest BCUT2D eigenvalue weighted by Gasteiger charge is -2.45. The van der Waals surface area contributed by atoms with Crippen LogP contribution in [0.15, 0.2) is 0 Å². The van der Waals surface area contributed by atoms with E-state index in [4.69, 9.17) is 14.2 Å². The van der Waals surface area contributed by atoms with Crippen LogP contribution in [0.1, 0.15) is 336 Å². The zero-order chi connectivity index (χ0) is 59.0. The molecule has 0 aromatic carbocycles. The van der Waals surface area contributed by atoms with Gasteiger partial charge in [0.25, 0.3) is 0 Å². The number of amides is 2. The van der Waals surface area contributed by atoms with Crippen LogP contribution in [-0.2, 0) is 23.8 Å². The Morgan fingerprint density at radius 1 is 0.309 bits per heavy atom. The molecule has 13 nitrogen and oxygen atoms in total. The van der Waals surface area contributed by atoms with Gasteiger partial charge in [-0.25, -0.2) is 0 Å². The molecule has 480 valence electrons. The average Bonchev–Trinajstić information content (AvgIpc) is 3.48. The molecular formula is C68H132N2O11. The van der Waals surface area contributed by atoms with E-state index in [1.807, 2.05) is 0 Å². The Balaban J connectivity index is 1.99. The van der Waals surface area contributed by atoms with Crippen molar-refractivity contribution < 1.29 is 54.4 Å². The molecular weight excluding hydrogens is 1020 g/mol. The maximum Gasteiger partial charge on any atom is 0.223 e. The van der Waals surface area contributed by atoms with Crippen LogP contribution in [0.3, 0.4) is 0 Å². The van der Waals surface area contributed by atoms with E-state index in [1.165, 1.54) is 205 Å². The average molecular weight is 1150 g/mol. The van der Waals surface area contributed by atoms with E-state index < -0.39 is 61.4 Å². The van der Waals surface area contributed by atoms with Gasteiger partial charge >= 0.3 is 0 Å². The van der Waals surface area contributed by atoms with Crippen LogP contribution in [0.2, 0.25) is 0 Å². The Morgan fingerprint density at radius 2 is 0.506 bits per heavy atom. The van der Waals surface area contributed by atoms with Gasteiger partial charge in [0.1, 0.15) is 48.8 Å². The van der Waals surface area contributed by atoms with Crippen LogP contribution in [0.25, 0.3) is 0 Å². The molecule has 2 saturated heterocycles. The highest BCUT2D eigenvalue weighted by molar-refractivity contribution is 5.79. The molecule has 2 heterocycles. The third-order valence-electron chi connectivity index (χ3n) is 17.9. The second kappa shape index (κ2) is 51.8. The molecule has 2 amide bonds. The van der Waals surface area contributed by atoms with Crippen LogP contribution in [0.4, 0.5) is 0 Å². The Kier molecular flexibility index (Phi) is 48.4. The minimum absolute atomic E-state index is 0.129. The summed E-state index contributed by atoms with van der Waals surface area (Å²) in [5.41, 5.74) is 0. The third kappa shape index (κ3) is 36.4. The third-order valence-corrected chi connectivity index (χ3v) is 17.9. The molecule has 0 spiro atoms. The summed E-state index contributed by atoms with van der Waals surface area (Å²) >= 11 is 0. The number of unbranched alkanes of at least 4 members (excludes halogenated alkanes) is 40. The molecule has 13 heteroatoms. The Morgan fingerprint density at radius 3 is 0.716 bits per heavy atom. The summed E-state index contributed by atoms with van der Waals surface area (Å²) in [7, 11) is 0. The predicted molar refractivity (Wildman–Crippen MR) is 332 cm³/mol. The highest BCUT2D eigenvalue weighted by Crippen LogP contribution is 2.30. The summed E-state index contributed by atoms with van der Waals surface area (Å²) in [4.78, 5) is 27.8. The van der Waals surface area contributed by atoms with Crippen molar-refractivity contribution in [1.29, 1.82) is 0 Å². The summed E-state index contributed by atoms with van der Waals surface area (Å²) in [5.74, 6) is -0.663. The lowest BCUT2D eigenvalue weighted by Crippen LogP contribution is -2.65. The van der Waals surface area contributed by atoms with Gasteiger partial charge in [-0.15, -0.1) is 0 Å².